The average molecular weight is 522 g/mol. The van der Waals surface area contributed by atoms with Crippen LogP contribution in [0.3, 0.4) is 0 Å². The predicted octanol–water partition coefficient (Wildman–Crippen LogP) is 2.30. The van der Waals surface area contributed by atoms with Crippen LogP contribution >= 0.6 is 0 Å². The van der Waals surface area contributed by atoms with Crippen molar-refractivity contribution in [3.8, 4) is 0 Å². The van der Waals surface area contributed by atoms with Crippen LogP contribution in [0.5, 0.6) is 0 Å². The molecule has 1 unspecified atom stereocenters. The summed E-state index contributed by atoms with van der Waals surface area (Å²) in [5.74, 6) is -1.86. The van der Waals surface area contributed by atoms with E-state index in [0.29, 0.717) is 31.9 Å². The Balaban J connectivity index is 0.000000405. The highest BCUT2D eigenvalue weighted by atomic mass is 19.4. The number of alkyl halides is 3. The second-order valence-corrected chi connectivity index (χ2v) is 8.70. The summed E-state index contributed by atoms with van der Waals surface area (Å²) in [6, 6.07) is 7.69. The van der Waals surface area contributed by atoms with Gasteiger partial charge in [-0.2, -0.15) is 13.2 Å². The standard InChI is InChI=1S/C21H25N7O2.C2HF3O2/c1-15-6-2-3-7-17(15)21(29)27-10-11-30-16(12-27)13-28-20-18(24-25-28)19(22-14-23-20)26-8-4-5-9-26;3-2(4,5)1(6)7/h2-3,6-7,14,16H,4-5,8-13H2,1H3;(H,6,7). The molecule has 2 aromatic heterocycles. The van der Waals surface area contributed by atoms with Gasteiger partial charge in [-0.1, -0.05) is 23.4 Å². The van der Waals surface area contributed by atoms with E-state index >= 15 is 0 Å². The van der Waals surface area contributed by atoms with Gasteiger partial charge in [0.05, 0.1) is 19.3 Å². The highest BCUT2D eigenvalue weighted by molar-refractivity contribution is 5.95. The zero-order valence-corrected chi connectivity index (χ0v) is 20.1. The number of amides is 1. The van der Waals surface area contributed by atoms with Crippen molar-refractivity contribution in [2.75, 3.05) is 37.7 Å². The van der Waals surface area contributed by atoms with E-state index in [-0.39, 0.29) is 12.0 Å². The van der Waals surface area contributed by atoms with E-state index in [1.54, 1.807) is 11.0 Å². The van der Waals surface area contributed by atoms with Crippen molar-refractivity contribution in [1.29, 1.82) is 0 Å². The fraction of sp³-hybridized carbons (Fsp3) is 0.478. The van der Waals surface area contributed by atoms with E-state index in [9.17, 15) is 18.0 Å². The molecule has 37 heavy (non-hydrogen) atoms. The Labute approximate surface area is 209 Å². The Morgan fingerprint density at radius 3 is 2.51 bits per heavy atom. The minimum absolute atomic E-state index is 0.0449. The number of aliphatic carboxylic acids is 1. The molecule has 5 rings (SSSR count). The first-order valence-corrected chi connectivity index (χ1v) is 11.7. The van der Waals surface area contributed by atoms with E-state index < -0.39 is 12.1 Å². The molecule has 0 saturated carbocycles. The smallest absolute Gasteiger partial charge is 0.475 e. The molecular formula is C23H26F3N7O4. The number of anilines is 1. The number of aryl methyl sites for hydroxylation is 1. The first kappa shape index (κ1) is 26.3. The van der Waals surface area contributed by atoms with Gasteiger partial charge in [0, 0.05) is 31.7 Å². The van der Waals surface area contributed by atoms with Crippen molar-refractivity contribution in [3.63, 3.8) is 0 Å². The molecule has 1 atom stereocenters. The molecular weight excluding hydrogens is 495 g/mol. The lowest BCUT2D eigenvalue weighted by molar-refractivity contribution is -0.192. The van der Waals surface area contributed by atoms with Crippen LogP contribution in [0, 0.1) is 6.92 Å². The maximum absolute atomic E-state index is 13.0. The van der Waals surface area contributed by atoms with Crippen LogP contribution in [0.4, 0.5) is 19.0 Å². The highest BCUT2D eigenvalue weighted by Gasteiger charge is 2.38. The third-order valence-corrected chi connectivity index (χ3v) is 6.11. The number of carboxylic acids is 1. The molecule has 1 N–H and O–H groups in total. The van der Waals surface area contributed by atoms with Crippen molar-refractivity contribution in [2.45, 2.75) is 38.6 Å². The molecule has 2 aliphatic heterocycles. The van der Waals surface area contributed by atoms with Gasteiger partial charge in [-0.05, 0) is 31.4 Å². The molecule has 0 radical (unpaired) electrons. The number of morpholine rings is 1. The Bertz CT molecular complexity index is 1260. The number of carbonyl (C=O) groups is 2. The largest absolute Gasteiger partial charge is 0.490 e. The van der Waals surface area contributed by atoms with E-state index in [0.717, 1.165) is 35.6 Å². The minimum Gasteiger partial charge on any atom is -0.475 e. The van der Waals surface area contributed by atoms with Gasteiger partial charge < -0.3 is 19.6 Å². The fourth-order valence-electron chi connectivity index (χ4n) is 4.25. The molecule has 0 spiro atoms. The third-order valence-electron chi connectivity index (χ3n) is 6.11. The molecule has 1 aromatic carbocycles. The molecule has 3 aromatic rings. The van der Waals surface area contributed by atoms with Crippen molar-refractivity contribution in [2.24, 2.45) is 0 Å². The summed E-state index contributed by atoms with van der Waals surface area (Å²) >= 11 is 0. The van der Waals surface area contributed by atoms with Crippen LogP contribution in [0.25, 0.3) is 11.2 Å². The Morgan fingerprint density at radius 2 is 1.84 bits per heavy atom. The Hall–Kier alpha value is -3.81. The molecule has 0 aliphatic carbocycles. The van der Waals surface area contributed by atoms with Crippen molar-refractivity contribution < 1.29 is 32.6 Å². The number of halogens is 3. The lowest BCUT2D eigenvalue weighted by atomic mass is 10.1. The first-order chi connectivity index (χ1) is 17.6. The summed E-state index contributed by atoms with van der Waals surface area (Å²) in [6.45, 7) is 6.03. The number of carboxylic acid groups (broad SMARTS) is 1. The third kappa shape index (κ3) is 6.13. The molecule has 4 heterocycles. The number of hydrogen-bond acceptors (Lipinski definition) is 8. The van der Waals surface area contributed by atoms with Crippen LogP contribution in [0.2, 0.25) is 0 Å². The quantitative estimate of drug-likeness (QED) is 0.550. The summed E-state index contributed by atoms with van der Waals surface area (Å²) < 4.78 is 39.4. The maximum atomic E-state index is 13.0. The van der Waals surface area contributed by atoms with Gasteiger partial charge >= 0.3 is 12.1 Å². The van der Waals surface area contributed by atoms with Gasteiger partial charge in [0.15, 0.2) is 17.0 Å². The van der Waals surface area contributed by atoms with Crippen LogP contribution in [0.15, 0.2) is 30.6 Å². The normalized spacial score (nSPS) is 18.0. The first-order valence-electron chi connectivity index (χ1n) is 11.7. The van der Waals surface area contributed by atoms with Crippen molar-refractivity contribution >= 4 is 28.9 Å². The van der Waals surface area contributed by atoms with Crippen molar-refractivity contribution in [3.05, 3.63) is 41.7 Å². The Kier molecular flexibility index (Phi) is 7.86. The number of ether oxygens (including phenoxy) is 1. The van der Waals surface area contributed by atoms with Gasteiger partial charge in [-0.3, -0.25) is 4.79 Å². The van der Waals surface area contributed by atoms with E-state index in [4.69, 9.17) is 14.6 Å². The summed E-state index contributed by atoms with van der Waals surface area (Å²) in [6.07, 6.45) is -1.34. The molecule has 14 heteroatoms. The molecule has 0 bridgehead atoms. The predicted molar refractivity (Wildman–Crippen MR) is 125 cm³/mol. The van der Waals surface area contributed by atoms with Crippen molar-refractivity contribution in [1.82, 2.24) is 29.9 Å². The SMILES string of the molecule is Cc1ccccc1C(=O)N1CCOC(Cn2nnc3c(N4CCCC4)ncnc32)C1.O=C(O)C(F)(F)F. The van der Waals surface area contributed by atoms with E-state index in [2.05, 4.69) is 25.2 Å². The molecule has 1 amide bonds. The van der Waals surface area contributed by atoms with Gasteiger partial charge in [0.2, 0.25) is 0 Å². The molecule has 2 saturated heterocycles. The lowest BCUT2D eigenvalue weighted by Crippen LogP contribution is -2.47. The summed E-state index contributed by atoms with van der Waals surface area (Å²) in [4.78, 5) is 34.8. The number of aromatic nitrogens is 5. The van der Waals surface area contributed by atoms with E-state index in [1.807, 2.05) is 36.1 Å². The zero-order valence-electron chi connectivity index (χ0n) is 20.1. The topological polar surface area (TPSA) is 127 Å². The molecule has 198 valence electrons. The lowest BCUT2D eigenvalue weighted by Gasteiger charge is -2.33. The van der Waals surface area contributed by atoms with Gasteiger partial charge in [-0.25, -0.2) is 19.4 Å². The minimum atomic E-state index is -5.08. The number of benzene rings is 1. The van der Waals surface area contributed by atoms with Gasteiger partial charge in [0.25, 0.3) is 5.91 Å². The van der Waals surface area contributed by atoms with Gasteiger partial charge in [0.1, 0.15) is 6.33 Å². The summed E-state index contributed by atoms with van der Waals surface area (Å²) in [5.41, 5.74) is 3.16. The molecule has 2 fully saturated rings. The fourth-order valence-corrected chi connectivity index (χ4v) is 4.25. The Morgan fingerprint density at radius 1 is 1.14 bits per heavy atom. The second-order valence-electron chi connectivity index (χ2n) is 8.70. The number of carbonyl (C=O) groups excluding carboxylic acids is 1. The average Bonchev–Trinajstić information content (AvgIpc) is 3.55. The summed E-state index contributed by atoms with van der Waals surface area (Å²) in [7, 11) is 0. The molecule has 2 aliphatic rings. The highest BCUT2D eigenvalue weighted by Crippen LogP contribution is 2.24. The van der Waals surface area contributed by atoms with Crippen LogP contribution in [-0.2, 0) is 16.1 Å². The van der Waals surface area contributed by atoms with Crippen LogP contribution in [-0.4, -0.2) is 91.9 Å². The number of rotatable bonds is 4. The monoisotopic (exact) mass is 521 g/mol. The number of nitrogens with zero attached hydrogens (tertiary/aromatic N) is 7. The van der Waals surface area contributed by atoms with Crippen LogP contribution in [0.1, 0.15) is 28.8 Å². The van der Waals surface area contributed by atoms with E-state index in [1.165, 1.54) is 12.8 Å². The van der Waals surface area contributed by atoms with Crippen LogP contribution < -0.4 is 4.90 Å². The maximum Gasteiger partial charge on any atom is 0.490 e. The van der Waals surface area contributed by atoms with Gasteiger partial charge in [-0.15, -0.1) is 5.10 Å². The summed E-state index contributed by atoms with van der Waals surface area (Å²) in [5, 5.41) is 15.8. The number of hydrogen-bond donors (Lipinski definition) is 1. The zero-order chi connectivity index (χ0) is 26.6. The second kappa shape index (κ2) is 11.1. The molecule has 11 nitrogen and oxygen atoms in total. The number of fused-ring (bicyclic) bond motifs is 1.